The predicted molar refractivity (Wildman–Crippen MR) is 66.5 cm³/mol. The van der Waals surface area contributed by atoms with Gasteiger partial charge in [-0.2, -0.15) is 0 Å². The van der Waals surface area contributed by atoms with Gasteiger partial charge in [0.15, 0.2) is 0 Å². The molecule has 2 rings (SSSR count). The van der Waals surface area contributed by atoms with Gasteiger partial charge in [0.2, 0.25) is 5.91 Å². The second-order valence-electron chi connectivity index (χ2n) is 5.80. The fraction of sp³-hybridized carbons (Fsp3) is 0.923. The Labute approximate surface area is 103 Å². The number of aliphatic hydroxyl groups excluding tert-OH is 1. The lowest BCUT2D eigenvalue weighted by molar-refractivity contribution is -0.126. The normalized spacial score (nSPS) is 35.4. The number of nitrogens with one attached hydrogen (secondary N) is 2. The second kappa shape index (κ2) is 4.94. The minimum absolute atomic E-state index is 0.00391. The van der Waals surface area contributed by atoms with Gasteiger partial charge in [0, 0.05) is 0 Å². The molecule has 2 fully saturated rings. The smallest absolute Gasteiger partial charge is 0.237 e. The Hall–Kier alpha value is -0.610. The van der Waals surface area contributed by atoms with Crippen molar-refractivity contribution in [2.24, 2.45) is 11.8 Å². The Morgan fingerprint density at radius 2 is 2.29 bits per heavy atom. The van der Waals surface area contributed by atoms with E-state index in [1.54, 1.807) is 0 Å². The predicted octanol–water partition coefficient (Wildman–Crippen LogP) is 0.652. The van der Waals surface area contributed by atoms with Crippen LogP contribution in [0.15, 0.2) is 0 Å². The summed E-state index contributed by atoms with van der Waals surface area (Å²) < 4.78 is 0. The molecule has 1 saturated carbocycles. The third-order valence-corrected chi connectivity index (χ3v) is 4.58. The first-order chi connectivity index (χ1) is 8.09. The van der Waals surface area contributed by atoms with Gasteiger partial charge in [0.05, 0.1) is 18.2 Å². The fourth-order valence-electron chi connectivity index (χ4n) is 3.09. The van der Waals surface area contributed by atoms with Crippen LogP contribution < -0.4 is 10.6 Å². The lowest BCUT2D eigenvalue weighted by atomic mass is 9.92. The van der Waals surface area contributed by atoms with Crippen LogP contribution in [0.1, 0.15) is 39.5 Å². The zero-order chi connectivity index (χ0) is 12.5. The molecule has 98 valence electrons. The minimum atomic E-state index is -0.477. The number of aliphatic hydroxyl groups is 1. The van der Waals surface area contributed by atoms with Gasteiger partial charge in [-0.1, -0.05) is 13.3 Å². The molecular formula is C13H24N2O2. The monoisotopic (exact) mass is 240 g/mol. The highest BCUT2D eigenvalue weighted by atomic mass is 16.3. The number of rotatable bonds is 4. The van der Waals surface area contributed by atoms with Crippen molar-refractivity contribution >= 4 is 5.91 Å². The molecule has 4 unspecified atom stereocenters. The number of hydrogen-bond donors (Lipinski definition) is 3. The molecule has 4 nitrogen and oxygen atoms in total. The van der Waals surface area contributed by atoms with E-state index in [0.717, 1.165) is 19.4 Å². The molecule has 2 aliphatic rings. The Morgan fingerprint density at radius 3 is 2.94 bits per heavy atom. The van der Waals surface area contributed by atoms with Gasteiger partial charge in [-0.3, -0.25) is 4.79 Å². The first kappa shape index (κ1) is 12.8. The van der Waals surface area contributed by atoms with E-state index >= 15 is 0 Å². The molecule has 1 aliphatic heterocycles. The standard InChI is InChI=1S/C13H24N2O2/c1-3-13(2,8-16)15-12(17)11-10-6-4-5-9(10)7-14-11/h9-11,14,16H,3-8H2,1-2H3,(H,15,17). The Morgan fingerprint density at radius 1 is 1.53 bits per heavy atom. The van der Waals surface area contributed by atoms with E-state index < -0.39 is 5.54 Å². The summed E-state index contributed by atoms with van der Waals surface area (Å²) in [6, 6.07) is -0.0417. The number of fused-ring (bicyclic) bond motifs is 1. The van der Waals surface area contributed by atoms with Crippen molar-refractivity contribution in [2.45, 2.75) is 51.1 Å². The number of hydrogen-bond acceptors (Lipinski definition) is 3. The van der Waals surface area contributed by atoms with E-state index in [4.69, 9.17) is 0 Å². The van der Waals surface area contributed by atoms with Crippen molar-refractivity contribution in [3.05, 3.63) is 0 Å². The summed E-state index contributed by atoms with van der Waals surface area (Å²) in [5, 5.41) is 15.7. The van der Waals surface area contributed by atoms with E-state index in [1.807, 2.05) is 13.8 Å². The van der Waals surface area contributed by atoms with Crippen molar-refractivity contribution in [3.63, 3.8) is 0 Å². The van der Waals surface area contributed by atoms with Gasteiger partial charge in [0.25, 0.3) is 0 Å². The minimum Gasteiger partial charge on any atom is -0.394 e. The van der Waals surface area contributed by atoms with Gasteiger partial charge >= 0.3 is 0 Å². The van der Waals surface area contributed by atoms with E-state index in [1.165, 1.54) is 12.8 Å². The van der Waals surface area contributed by atoms with Crippen molar-refractivity contribution in [3.8, 4) is 0 Å². The van der Waals surface area contributed by atoms with Gasteiger partial charge in [-0.15, -0.1) is 0 Å². The summed E-state index contributed by atoms with van der Waals surface area (Å²) in [5.74, 6) is 1.26. The van der Waals surface area contributed by atoms with Gasteiger partial charge in [-0.05, 0) is 44.6 Å². The summed E-state index contributed by atoms with van der Waals surface area (Å²) in [6.45, 7) is 4.85. The second-order valence-corrected chi connectivity index (χ2v) is 5.80. The van der Waals surface area contributed by atoms with Gasteiger partial charge in [0.1, 0.15) is 0 Å². The molecule has 0 aromatic carbocycles. The molecule has 0 aromatic heterocycles. The Balaban J connectivity index is 1.96. The first-order valence-corrected chi connectivity index (χ1v) is 6.76. The van der Waals surface area contributed by atoms with Crippen LogP contribution in [0, 0.1) is 11.8 Å². The molecule has 0 bridgehead atoms. The molecule has 1 heterocycles. The molecule has 4 heteroatoms. The van der Waals surface area contributed by atoms with Crippen LogP contribution in [-0.4, -0.2) is 35.7 Å². The Kier molecular flexibility index (Phi) is 3.73. The lowest BCUT2D eigenvalue weighted by Crippen LogP contribution is -2.54. The van der Waals surface area contributed by atoms with E-state index in [-0.39, 0.29) is 18.6 Å². The van der Waals surface area contributed by atoms with Crippen LogP contribution in [0.4, 0.5) is 0 Å². The van der Waals surface area contributed by atoms with Crippen LogP contribution >= 0.6 is 0 Å². The maximum Gasteiger partial charge on any atom is 0.237 e. The van der Waals surface area contributed by atoms with Gasteiger partial charge < -0.3 is 15.7 Å². The molecule has 1 saturated heterocycles. The molecule has 17 heavy (non-hydrogen) atoms. The summed E-state index contributed by atoms with van der Waals surface area (Å²) >= 11 is 0. The quantitative estimate of drug-likeness (QED) is 0.676. The van der Waals surface area contributed by atoms with Crippen molar-refractivity contribution < 1.29 is 9.90 Å². The molecule has 1 aliphatic carbocycles. The lowest BCUT2D eigenvalue weighted by Gasteiger charge is -2.30. The number of carbonyl (C=O) groups excluding carboxylic acids is 1. The highest BCUT2D eigenvalue weighted by Gasteiger charge is 2.43. The Bertz CT molecular complexity index is 289. The average molecular weight is 240 g/mol. The molecule has 3 N–H and O–H groups in total. The largest absolute Gasteiger partial charge is 0.394 e. The highest BCUT2D eigenvalue weighted by molar-refractivity contribution is 5.83. The van der Waals surface area contributed by atoms with Crippen molar-refractivity contribution in [1.82, 2.24) is 10.6 Å². The number of carbonyl (C=O) groups is 1. The van der Waals surface area contributed by atoms with Crippen molar-refractivity contribution in [1.29, 1.82) is 0 Å². The zero-order valence-corrected chi connectivity index (χ0v) is 10.8. The van der Waals surface area contributed by atoms with E-state index in [0.29, 0.717) is 11.8 Å². The van der Waals surface area contributed by atoms with Crippen molar-refractivity contribution in [2.75, 3.05) is 13.2 Å². The van der Waals surface area contributed by atoms with Crippen LogP contribution in [-0.2, 0) is 4.79 Å². The topological polar surface area (TPSA) is 61.4 Å². The SMILES string of the molecule is CCC(C)(CO)NC(=O)C1NCC2CCCC21. The van der Waals surface area contributed by atoms with Gasteiger partial charge in [-0.25, -0.2) is 0 Å². The van der Waals surface area contributed by atoms with E-state index in [2.05, 4.69) is 10.6 Å². The van der Waals surface area contributed by atoms with Crippen LogP contribution in [0.25, 0.3) is 0 Å². The van der Waals surface area contributed by atoms with Crippen LogP contribution in [0.5, 0.6) is 0 Å². The molecular weight excluding hydrogens is 216 g/mol. The maximum absolute atomic E-state index is 12.2. The molecule has 0 radical (unpaired) electrons. The summed E-state index contributed by atoms with van der Waals surface area (Å²) in [4.78, 5) is 12.2. The fourth-order valence-corrected chi connectivity index (χ4v) is 3.09. The zero-order valence-electron chi connectivity index (χ0n) is 10.8. The van der Waals surface area contributed by atoms with Crippen LogP contribution in [0.3, 0.4) is 0 Å². The summed E-state index contributed by atoms with van der Waals surface area (Å²) in [6.07, 6.45) is 4.42. The first-order valence-electron chi connectivity index (χ1n) is 6.76. The third kappa shape index (κ3) is 2.47. The maximum atomic E-state index is 12.2. The van der Waals surface area contributed by atoms with Crippen LogP contribution in [0.2, 0.25) is 0 Å². The average Bonchev–Trinajstić information content (AvgIpc) is 2.90. The van der Waals surface area contributed by atoms with E-state index in [9.17, 15) is 9.90 Å². The molecule has 0 spiro atoms. The summed E-state index contributed by atoms with van der Waals surface area (Å²) in [5.41, 5.74) is -0.477. The summed E-state index contributed by atoms with van der Waals surface area (Å²) in [7, 11) is 0. The number of amides is 1. The third-order valence-electron chi connectivity index (χ3n) is 4.58. The molecule has 0 aromatic rings. The highest BCUT2D eigenvalue weighted by Crippen LogP contribution is 2.37. The molecule has 4 atom stereocenters. The molecule has 1 amide bonds.